The number of hydrogen-bond donors (Lipinski definition) is 1. The standard InChI is InChI=1S/C13H17N5S2/c1(13-15-3-6-20-13)2-14-11-9-12(17-10-16-11)18-4-7-19-8-5-18/h3,6,9-10H,1-2,4-5,7-8H2,(H,14,16,17). The van der Waals surface area contributed by atoms with Gasteiger partial charge in [0.1, 0.15) is 18.0 Å². The zero-order valence-electron chi connectivity index (χ0n) is 11.2. The fourth-order valence-electron chi connectivity index (χ4n) is 2.08. The molecule has 2 aromatic heterocycles. The first-order valence-corrected chi connectivity index (χ1v) is 8.72. The second-order valence-electron chi connectivity index (χ2n) is 4.46. The van der Waals surface area contributed by atoms with E-state index in [-0.39, 0.29) is 0 Å². The van der Waals surface area contributed by atoms with E-state index in [0.717, 1.165) is 42.7 Å². The van der Waals surface area contributed by atoms with Crippen LogP contribution in [0.3, 0.4) is 0 Å². The van der Waals surface area contributed by atoms with Gasteiger partial charge in [-0.25, -0.2) is 15.0 Å². The van der Waals surface area contributed by atoms with Gasteiger partial charge in [-0.3, -0.25) is 0 Å². The number of hydrogen-bond acceptors (Lipinski definition) is 7. The van der Waals surface area contributed by atoms with Gasteiger partial charge in [0.25, 0.3) is 0 Å². The van der Waals surface area contributed by atoms with Gasteiger partial charge >= 0.3 is 0 Å². The lowest BCUT2D eigenvalue weighted by atomic mass is 10.4. The van der Waals surface area contributed by atoms with Gasteiger partial charge in [-0.2, -0.15) is 11.8 Å². The average molecular weight is 307 g/mol. The van der Waals surface area contributed by atoms with E-state index in [2.05, 4.69) is 25.2 Å². The Labute approximate surface area is 126 Å². The predicted octanol–water partition coefficient (Wildman–Crippen LogP) is 2.14. The third-order valence-electron chi connectivity index (χ3n) is 3.12. The molecule has 1 aliphatic rings. The number of nitrogens with one attached hydrogen (secondary N) is 1. The molecule has 0 saturated carbocycles. The molecule has 1 aliphatic heterocycles. The van der Waals surface area contributed by atoms with Crippen LogP contribution < -0.4 is 10.2 Å². The minimum Gasteiger partial charge on any atom is -0.369 e. The zero-order valence-corrected chi connectivity index (χ0v) is 12.8. The number of thioether (sulfide) groups is 1. The number of aromatic nitrogens is 3. The van der Waals surface area contributed by atoms with E-state index in [1.165, 1.54) is 11.5 Å². The van der Waals surface area contributed by atoms with Crippen LogP contribution in [0.25, 0.3) is 0 Å². The predicted molar refractivity (Wildman–Crippen MR) is 85.9 cm³/mol. The first-order valence-electron chi connectivity index (χ1n) is 6.69. The van der Waals surface area contributed by atoms with Crippen molar-refractivity contribution in [2.45, 2.75) is 6.42 Å². The highest BCUT2D eigenvalue weighted by Gasteiger charge is 2.12. The van der Waals surface area contributed by atoms with Crippen LogP contribution in [0.5, 0.6) is 0 Å². The third-order valence-corrected chi connectivity index (χ3v) is 4.90. The normalized spacial score (nSPS) is 15.3. The van der Waals surface area contributed by atoms with Gasteiger partial charge in [0.15, 0.2) is 0 Å². The number of nitrogens with zero attached hydrogens (tertiary/aromatic N) is 4. The van der Waals surface area contributed by atoms with E-state index in [1.807, 2.05) is 29.4 Å². The van der Waals surface area contributed by atoms with Crippen molar-refractivity contribution in [3.63, 3.8) is 0 Å². The van der Waals surface area contributed by atoms with Gasteiger partial charge in [0.2, 0.25) is 0 Å². The highest BCUT2D eigenvalue weighted by Crippen LogP contribution is 2.18. The molecule has 0 aliphatic carbocycles. The molecule has 3 heterocycles. The molecular weight excluding hydrogens is 290 g/mol. The molecule has 1 fully saturated rings. The van der Waals surface area contributed by atoms with Crippen molar-refractivity contribution < 1.29 is 0 Å². The first kappa shape index (κ1) is 13.6. The lowest BCUT2D eigenvalue weighted by Gasteiger charge is -2.27. The lowest BCUT2D eigenvalue weighted by Crippen LogP contribution is -2.33. The summed E-state index contributed by atoms with van der Waals surface area (Å²) in [5.74, 6) is 4.27. The molecule has 0 unspecified atom stereocenters. The second kappa shape index (κ2) is 6.90. The number of anilines is 2. The first-order chi connectivity index (χ1) is 9.92. The summed E-state index contributed by atoms with van der Waals surface area (Å²) >= 11 is 3.69. The second-order valence-corrected chi connectivity index (χ2v) is 6.67. The Morgan fingerprint density at radius 2 is 2.10 bits per heavy atom. The lowest BCUT2D eigenvalue weighted by molar-refractivity contribution is 0.834. The molecule has 0 amide bonds. The van der Waals surface area contributed by atoms with Crippen LogP contribution in [-0.4, -0.2) is 46.1 Å². The smallest absolute Gasteiger partial charge is 0.134 e. The SMILES string of the molecule is c1nc(NCCc2nccs2)cc(N2CCSCC2)n1. The molecule has 0 spiro atoms. The Balaban J connectivity index is 1.56. The van der Waals surface area contributed by atoms with Crippen LogP contribution in [0.1, 0.15) is 5.01 Å². The highest BCUT2D eigenvalue weighted by atomic mass is 32.2. The van der Waals surface area contributed by atoms with Gasteiger partial charge in [-0.1, -0.05) is 0 Å². The van der Waals surface area contributed by atoms with Gasteiger partial charge in [0.05, 0.1) is 5.01 Å². The molecule has 2 aromatic rings. The third kappa shape index (κ3) is 3.61. The molecule has 0 aromatic carbocycles. The largest absolute Gasteiger partial charge is 0.369 e. The monoisotopic (exact) mass is 307 g/mol. The summed E-state index contributed by atoms with van der Waals surface area (Å²) in [4.78, 5) is 15.3. The minimum atomic E-state index is 0.847. The van der Waals surface area contributed by atoms with E-state index in [9.17, 15) is 0 Å². The van der Waals surface area contributed by atoms with Crippen LogP contribution in [0.15, 0.2) is 24.0 Å². The summed E-state index contributed by atoms with van der Waals surface area (Å²) in [5.41, 5.74) is 0. The average Bonchev–Trinajstić information content (AvgIpc) is 3.02. The molecule has 7 heteroatoms. The molecular formula is C13H17N5S2. The molecule has 20 heavy (non-hydrogen) atoms. The summed E-state index contributed by atoms with van der Waals surface area (Å²) in [6.07, 6.45) is 4.41. The Morgan fingerprint density at radius 3 is 2.90 bits per heavy atom. The molecule has 5 nitrogen and oxygen atoms in total. The van der Waals surface area contributed by atoms with E-state index >= 15 is 0 Å². The molecule has 0 radical (unpaired) electrons. The van der Waals surface area contributed by atoms with Gasteiger partial charge in [-0.05, 0) is 0 Å². The van der Waals surface area contributed by atoms with Crippen molar-refractivity contribution in [2.24, 2.45) is 0 Å². The Morgan fingerprint density at radius 1 is 1.20 bits per heavy atom. The number of thiazole rings is 1. The molecule has 1 N–H and O–H groups in total. The van der Waals surface area contributed by atoms with Crippen molar-refractivity contribution in [3.05, 3.63) is 29.0 Å². The molecule has 0 atom stereocenters. The quantitative estimate of drug-likeness (QED) is 0.913. The van der Waals surface area contributed by atoms with Crippen molar-refractivity contribution in [1.82, 2.24) is 15.0 Å². The maximum atomic E-state index is 4.38. The van der Waals surface area contributed by atoms with Crippen molar-refractivity contribution in [3.8, 4) is 0 Å². The number of rotatable bonds is 5. The topological polar surface area (TPSA) is 53.9 Å². The molecule has 3 rings (SSSR count). The minimum absolute atomic E-state index is 0.847. The molecule has 0 bridgehead atoms. The van der Waals surface area contributed by atoms with Crippen LogP contribution in [0.4, 0.5) is 11.6 Å². The zero-order chi connectivity index (χ0) is 13.6. The fraction of sp³-hybridized carbons (Fsp3) is 0.462. The summed E-state index contributed by atoms with van der Waals surface area (Å²) in [7, 11) is 0. The highest BCUT2D eigenvalue weighted by molar-refractivity contribution is 7.99. The van der Waals surface area contributed by atoms with Crippen LogP contribution in [-0.2, 0) is 6.42 Å². The Bertz CT molecular complexity index is 525. The van der Waals surface area contributed by atoms with E-state index in [1.54, 1.807) is 17.7 Å². The van der Waals surface area contributed by atoms with Crippen molar-refractivity contribution >= 4 is 34.7 Å². The Kier molecular flexibility index (Phi) is 4.70. The van der Waals surface area contributed by atoms with E-state index in [0.29, 0.717) is 0 Å². The van der Waals surface area contributed by atoms with E-state index < -0.39 is 0 Å². The molecule has 106 valence electrons. The van der Waals surface area contributed by atoms with Crippen LogP contribution in [0.2, 0.25) is 0 Å². The van der Waals surface area contributed by atoms with Gasteiger partial charge in [-0.15, -0.1) is 11.3 Å². The molecule has 1 saturated heterocycles. The van der Waals surface area contributed by atoms with Crippen LogP contribution in [0, 0.1) is 0 Å². The van der Waals surface area contributed by atoms with Crippen LogP contribution >= 0.6 is 23.1 Å². The van der Waals surface area contributed by atoms with Crippen molar-refractivity contribution in [2.75, 3.05) is 41.4 Å². The Hall–Kier alpha value is -1.34. The van der Waals surface area contributed by atoms with Crippen molar-refractivity contribution in [1.29, 1.82) is 0 Å². The maximum Gasteiger partial charge on any atom is 0.134 e. The van der Waals surface area contributed by atoms with E-state index in [4.69, 9.17) is 0 Å². The maximum absolute atomic E-state index is 4.38. The van der Waals surface area contributed by atoms with Gasteiger partial charge in [0, 0.05) is 55.2 Å². The van der Waals surface area contributed by atoms with Gasteiger partial charge < -0.3 is 10.2 Å². The summed E-state index contributed by atoms with van der Waals surface area (Å²) in [6, 6.07) is 2.04. The summed E-state index contributed by atoms with van der Waals surface area (Å²) in [5, 5.41) is 6.51. The summed E-state index contributed by atoms with van der Waals surface area (Å²) < 4.78 is 0. The summed E-state index contributed by atoms with van der Waals surface area (Å²) in [6.45, 7) is 2.99. The fourth-order valence-corrected chi connectivity index (χ4v) is 3.61.